The number of nitrogens with one attached hydrogen (secondary N) is 1. The van der Waals surface area contributed by atoms with Crippen molar-refractivity contribution in [3.63, 3.8) is 0 Å². The van der Waals surface area contributed by atoms with Gasteiger partial charge in [0.15, 0.2) is 0 Å². The van der Waals surface area contributed by atoms with Crippen LogP contribution in [0.4, 0.5) is 4.79 Å². The van der Waals surface area contributed by atoms with Gasteiger partial charge >= 0.3 is 6.09 Å². The summed E-state index contributed by atoms with van der Waals surface area (Å²) >= 11 is 0. The Morgan fingerprint density at radius 3 is 2.22 bits per heavy atom. The first-order valence-electron chi connectivity index (χ1n) is 12.5. The van der Waals surface area contributed by atoms with Gasteiger partial charge in [0.2, 0.25) is 11.8 Å². The van der Waals surface area contributed by atoms with Gasteiger partial charge in [0.1, 0.15) is 5.60 Å². The van der Waals surface area contributed by atoms with Crippen LogP contribution in [0.25, 0.3) is 0 Å². The number of piperidine rings is 1. The molecule has 0 spiro atoms. The Morgan fingerprint density at radius 2 is 1.66 bits per heavy atom. The summed E-state index contributed by atoms with van der Waals surface area (Å²) in [6.45, 7) is 7.58. The van der Waals surface area contributed by atoms with Gasteiger partial charge in [0.05, 0.1) is 6.54 Å². The summed E-state index contributed by atoms with van der Waals surface area (Å²) in [5, 5.41) is 3.02. The van der Waals surface area contributed by atoms with Gasteiger partial charge in [-0.1, -0.05) is 0 Å². The Hall–Kier alpha value is -1.79. The highest BCUT2D eigenvalue weighted by Crippen LogP contribution is 2.60. The lowest BCUT2D eigenvalue weighted by molar-refractivity contribution is -0.148. The van der Waals surface area contributed by atoms with Crippen LogP contribution in [0.2, 0.25) is 0 Å². The lowest BCUT2D eigenvalue weighted by Gasteiger charge is -2.55. The van der Waals surface area contributed by atoms with E-state index in [1.165, 1.54) is 19.3 Å². The molecular formula is C25H41N3O4. The van der Waals surface area contributed by atoms with Gasteiger partial charge in [-0.15, -0.1) is 0 Å². The van der Waals surface area contributed by atoms with Gasteiger partial charge in [-0.3, -0.25) is 9.59 Å². The van der Waals surface area contributed by atoms with Crippen LogP contribution in [0.5, 0.6) is 0 Å². The van der Waals surface area contributed by atoms with E-state index in [1.54, 1.807) is 11.9 Å². The third-order valence-corrected chi connectivity index (χ3v) is 8.03. The topological polar surface area (TPSA) is 79.0 Å². The molecule has 0 aromatic carbocycles. The molecule has 0 radical (unpaired) electrons. The molecule has 5 aliphatic rings. The molecule has 7 heteroatoms. The number of rotatable bonds is 5. The fraction of sp³-hybridized carbons (Fsp3) is 0.880. The Bertz CT molecular complexity index is 709. The molecule has 0 aromatic rings. The second-order valence-corrected chi connectivity index (χ2v) is 12.1. The highest BCUT2D eigenvalue weighted by atomic mass is 16.6. The van der Waals surface area contributed by atoms with E-state index in [9.17, 15) is 14.4 Å². The molecule has 4 bridgehead atoms. The first-order valence-corrected chi connectivity index (χ1v) is 12.5. The SMILES string of the molecule is CN(CC1CCCN(C(=O)CNC(=O)C23CC4CC(CC(C4)C2)C3)C1)C(=O)OC(C)(C)C. The van der Waals surface area contributed by atoms with Crippen LogP contribution in [0.3, 0.4) is 0 Å². The number of amides is 3. The van der Waals surface area contributed by atoms with Crippen LogP contribution in [0, 0.1) is 29.1 Å². The maximum atomic E-state index is 13.1. The Kier molecular flexibility index (Phi) is 6.47. The van der Waals surface area contributed by atoms with Crippen molar-refractivity contribution >= 4 is 17.9 Å². The first-order chi connectivity index (χ1) is 15.0. The zero-order valence-electron chi connectivity index (χ0n) is 20.3. The second kappa shape index (κ2) is 8.86. The Labute approximate surface area is 192 Å². The molecule has 1 aliphatic heterocycles. The maximum absolute atomic E-state index is 13.1. The molecule has 3 amide bonds. The molecule has 4 saturated carbocycles. The fourth-order valence-electron chi connectivity index (χ4n) is 7.09. The van der Waals surface area contributed by atoms with Crippen LogP contribution >= 0.6 is 0 Å². The molecule has 1 N–H and O–H groups in total. The quantitative estimate of drug-likeness (QED) is 0.700. The van der Waals surface area contributed by atoms with Crippen molar-refractivity contribution in [1.82, 2.24) is 15.1 Å². The van der Waals surface area contributed by atoms with Crippen molar-refractivity contribution in [3.8, 4) is 0 Å². The summed E-state index contributed by atoms with van der Waals surface area (Å²) in [7, 11) is 1.75. The number of carbonyl (C=O) groups excluding carboxylic acids is 3. The first kappa shape index (κ1) is 23.4. The van der Waals surface area contributed by atoms with Crippen LogP contribution < -0.4 is 5.32 Å². The van der Waals surface area contributed by atoms with Crippen LogP contribution in [0.15, 0.2) is 0 Å². The summed E-state index contributed by atoms with van der Waals surface area (Å²) in [5.74, 6) is 2.48. The fourth-order valence-corrected chi connectivity index (χ4v) is 7.09. The number of hydrogen-bond donors (Lipinski definition) is 1. The van der Waals surface area contributed by atoms with Crippen LogP contribution in [0.1, 0.15) is 72.1 Å². The van der Waals surface area contributed by atoms with Crippen molar-refractivity contribution in [1.29, 1.82) is 0 Å². The Morgan fingerprint density at radius 1 is 1.06 bits per heavy atom. The maximum Gasteiger partial charge on any atom is 0.410 e. The summed E-state index contributed by atoms with van der Waals surface area (Å²) in [5.41, 5.74) is -0.732. The van der Waals surface area contributed by atoms with E-state index in [0.717, 1.165) is 38.6 Å². The average Bonchev–Trinajstić information content (AvgIpc) is 2.69. The van der Waals surface area contributed by atoms with Crippen molar-refractivity contribution in [2.24, 2.45) is 29.1 Å². The monoisotopic (exact) mass is 447 g/mol. The molecule has 4 aliphatic carbocycles. The van der Waals surface area contributed by atoms with E-state index >= 15 is 0 Å². The van der Waals surface area contributed by atoms with E-state index < -0.39 is 5.60 Å². The predicted molar refractivity (Wildman–Crippen MR) is 122 cm³/mol. The van der Waals surface area contributed by atoms with Gasteiger partial charge in [-0.2, -0.15) is 0 Å². The van der Waals surface area contributed by atoms with Gasteiger partial charge < -0.3 is 19.9 Å². The third-order valence-electron chi connectivity index (χ3n) is 8.03. The number of hydrogen-bond acceptors (Lipinski definition) is 4. The Balaban J connectivity index is 1.25. The van der Waals surface area contributed by atoms with Gasteiger partial charge in [-0.05, 0) is 95.8 Å². The molecule has 0 aromatic heterocycles. The minimum atomic E-state index is -0.519. The van der Waals surface area contributed by atoms with Gasteiger partial charge in [0, 0.05) is 32.1 Å². The van der Waals surface area contributed by atoms with Gasteiger partial charge in [0.25, 0.3) is 0 Å². The lowest BCUT2D eigenvalue weighted by Crippen LogP contribution is -2.55. The second-order valence-electron chi connectivity index (χ2n) is 12.1. The summed E-state index contributed by atoms with van der Waals surface area (Å²) in [6, 6.07) is 0. The summed E-state index contributed by atoms with van der Waals surface area (Å²) < 4.78 is 5.44. The van der Waals surface area contributed by atoms with Gasteiger partial charge in [-0.25, -0.2) is 4.79 Å². The zero-order valence-corrected chi connectivity index (χ0v) is 20.3. The smallest absolute Gasteiger partial charge is 0.410 e. The molecule has 1 saturated heterocycles. The molecule has 1 heterocycles. The predicted octanol–water partition coefficient (Wildman–Crippen LogP) is 3.42. The zero-order chi connectivity index (χ0) is 23.1. The van der Waals surface area contributed by atoms with E-state index in [0.29, 0.717) is 30.8 Å². The third kappa shape index (κ3) is 5.23. The molecular weight excluding hydrogens is 406 g/mol. The number of ether oxygens (including phenoxy) is 1. The highest BCUT2D eigenvalue weighted by Gasteiger charge is 2.54. The molecule has 180 valence electrons. The highest BCUT2D eigenvalue weighted by molar-refractivity contribution is 5.88. The summed E-state index contributed by atoms with van der Waals surface area (Å²) in [6.07, 6.45) is 8.53. The molecule has 5 rings (SSSR count). The average molecular weight is 448 g/mol. The minimum Gasteiger partial charge on any atom is -0.444 e. The lowest BCUT2D eigenvalue weighted by atomic mass is 9.49. The van der Waals surface area contributed by atoms with Crippen LogP contribution in [-0.4, -0.2) is 66.5 Å². The van der Waals surface area contributed by atoms with Crippen molar-refractivity contribution in [2.45, 2.75) is 77.7 Å². The molecule has 5 fully saturated rings. The van der Waals surface area contributed by atoms with E-state index in [-0.39, 0.29) is 35.8 Å². The minimum absolute atomic E-state index is 0.00676. The number of nitrogens with zero attached hydrogens (tertiary/aromatic N) is 2. The van der Waals surface area contributed by atoms with Crippen molar-refractivity contribution in [2.75, 3.05) is 33.2 Å². The standard InChI is InChI=1S/C25H41N3O4/c1-24(2,3)32-23(31)27(4)15-17-6-5-7-28(16-17)21(29)14-26-22(30)25-11-18-8-19(12-25)10-20(9-18)13-25/h17-20H,5-16H2,1-4H3,(H,26,30). The van der Waals surface area contributed by atoms with Crippen molar-refractivity contribution < 1.29 is 19.1 Å². The van der Waals surface area contributed by atoms with E-state index in [1.807, 2.05) is 25.7 Å². The van der Waals surface area contributed by atoms with E-state index in [4.69, 9.17) is 4.74 Å². The van der Waals surface area contributed by atoms with Crippen molar-refractivity contribution in [3.05, 3.63) is 0 Å². The largest absolute Gasteiger partial charge is 0.444 e. The van der Waals surface area contributed by atoms with E-state index in [2.05, 4.69) is 5.32 Å². The molecule has 7 nitrogen and oxygen atoms in total. The normalized spacial score (nSPS) is 33.7. The summed E-state index contributed by atoms with van der Waals surface area (Å²) in [4.78, 5) is 41.8. The molecule has 1 atom stereocenters. The molecule has 32 heavy (non-hydrogen) atoms. The molecule has 1 unspecified atom stereocenters. The number of likely N-dealkylation sites (tertiary alicyclic amines) is 1. The number of carbonyl (C=O) groups is 3. The van der Waals surface area contributed by atoms with Crippen LogP contribution in [-0.2, 0) is 14.3 Å².